The smallest absolute Gasteiger partial charge is 0.462 e. The number of esters is 2. The molecule has 8 atom stereocenters. The van der Waals surface area contributed by atoms with Crippen LogP contribution in [0.2, 0.25) is 0 Å². The number of nitrogen functional groups attached to an aromatic ring is 1. The van der Waals surface area contributed by atoms with Crippen LogP contribution in [0.4, 0.5) is 5.82 Å². The second kappa shape index (κ2) is 40.6. The summed E-state index contributed by atoms with van der Waals surface area (Å²) < 4.78 is 56.7. The molecule has 0 aliphatic carbocycles. The van der Waals surface area contributed by atoms with Crippen LogP contribution >= 0.6 is 15.6 Å². The van der Waals surface area contributed by atoms with Crippen LogP contribution in [0, 0.1) is 0 Å². The first-order valence-corrected chi connectivity index (χ1v) is 29.0. The molecule has 0 saturated carbocycles. The predicted octanol–water partition coefficient (Wildman–Crippen LogP) is 9.97. The van der Waals surface area contributed by atoms with Crippen LogP contribution < -0.4 is 11.4 Å². The van der Waals surface area contributed by atoms with Crippen molar-refractivity contribution in [2.45, 2.75) is 173 Å². The lowest BCUT2D eigenvalue weighted by atomic mass is 10.1. The molecule has 1 aliphatic heterocycles. The Morgan fingerprint density at radius 2 is 1.29 bits per heavy atom. The molecule has 420 valence electrons. The lowest BCUT2D eigenvalue weighted by Gasteiger charge is -2.21. The number of hydrogen-bond donors (Lipinski definition) is 6. The fourth-order valence-electron chi connectivity index (χ4n) is 6.88. The average molecular weight is 1090 g/mol. The largest absolute Gasteiger partial charge is 0.481 e. The molecule has 1 aromatic rings. The van der Waals surface area contributed by atoms with Gasteiger partial charge < -0.3 is 45.1 Å². The quantitative estimate of drug-likeness (QED) is 0.0117. The van der Waals surface area contributed by atoms with Crippen LogP contribution in [0.25, 0.3) is 0 Å². The zero-order valence-corrected chi connectivity index (χ0v) is 45.4. The maximum Gasteiger partial charge on any atom is 0.481 e. The third-order valence-corrected chi connectivity index (χ3v) is 13.5. The number of phosphoric acid groups is 2. The molecule has 0 spiro atoms. The number of aromatic nitrogens is 2. The van der Waals surface area contributed by atoms with E-state index in [2.05, 4.69) is 90.0 Å². The normalized spacial score (nSPS) is 20.1. The number of carbonyl (C=O) groups is 2. The van der Waals surface area contributed by atoms with Crippen LogP contribution in [0.15, 0.2) is 126 Å². The molecule has 0 aromatic carbocycles. The van der Waals surface area contributed by atoms with Crippen molar-refractivity contribution in [3.05, 3.63) is 132 Å². The van der Waals surface area contributed by atoms with Gasteiger partial charge in [-0.25, -0.2) is 13.9 Å². The Labute approximate surface area is 443 Å². The Morgan fingerprint density at radius 3 is 1.93 bits per heavy atom. The van der Waals surface area contributed by atoms with Gasteiger partial charge in [-0.1, -0.05) is 142 Å². The molecular formula is C54H83N3O16P2. The molecule has 2 rings (SSSR count). The summed E-state index contributed by atoms with van der Waals surface area (Å²) >= 11 is 0. The number of aliphatic hydroxyl groups is 3. The van der Waals surface area contributed by atoms with Crippen molar-refractivity contribution in [1.82, 2.24) is 9.55 Å². The molecule has 7 N–H and O–H groups in total. The standard InChI is InChI=1S/C54H83N3O16P2/c1-3-5-7-9-11-12-13-14-15-16-17-18-19-20-21-22-26-30-34-38-49(59)68-42-46(71-50(60)39-35-31-27-23-25-29-33-37-45(58)36-32-28-24-10-8-6-4-2)43-69-74(64,65)73-75(66,67)70-44-47-51(61)52(62)53(72-47)57-41-40-48(55)56-54(57)63/h5,7,11-12,14-15,17-18,20-21,23-24,27-29,32-33,36,40-41,45-47,51-53,58,61-62H,3-4,6,8-10,13,16,19,22,25-26,30-31,34-35,37-39,42-44H2,1-2H3,(H,64,65)(H,66,67)(H2,55,56,63)/b7-5-,12-11-,15-14-,18-17-,21-20-,27-23+,28-24-,33-29-,36-32-/t45-,46+,47+,51+,52+,53+/m0/s1. The van der Waals surface area contributed by atoms with Crippen molar-refractivity contribution in [2.24, 2.45) is 0 Å². The van der Waals surface area contributed by atoms with Crippen LogP contribution in [-0.4, -0.2) is 96.9 Å². The second-order valence-electron chi connectivity index (χ2n) is 17.5. The van der Waals surface area contributed by atoms with E-state index in [1.54, 1.807) is 6.08 Å². The van der Waals surface area contributed by atoms with Crippen molar-refractivity contribution in [3.8, 4) is 0 Å². The number of anilines is 1. The van der Waals surface area contributed by atoms with E-state index in [1.165, 1.54) is 18.9 Å². The highest BCUT2D eigenvalue weighted by Crippen LogP contribution is 2.60. The first kappa shape index (κ1) is 66.5. The number of nitrogens with two attached hydrogens (primary N) is 1. The van der Waals surface area contributed by atoms with Crippen LogP contribution in [0.3, 0.4) is 0 Å². The van der Waals surface area contributed by atoms with Crippen LogP contribution in [-0.2, 0) is 46.3 Å². The molecule has 75 heavy (non-hydrogen) atoms. The summed E-state index contributed by atoms with van der Waals surface area (Å²) in [6.45, 7) is 1.83. The Kier molecular flexibility index (Phi) is 36.0. The number of carbonyl (C=O) groups excluding carboxylic acids is 2. The number of hydrogen-bond acceptors (Lipinski definition) is 16. The van der Waals surface area contributed by atoms with Gasteiger partial charge in [-0.05, 0) is 96.0 Å². The van der Waals surface area contributed by atoms with Gasteiger partial charge >= 0.3 is 33.3 Å². The van der Waals surface area contributed by atoms with Gasteiger partial charge in [-0.2, -0.15) is 9.29 Å². The summed E-state index contributed by atoms with van der Waals surface area (Å²) in [6.07, 6.45) is 43.3. The minimum absolute atomic E-state index is 0.0562. The third kappa shape index (κ3) is 33.2. The van der Waals surface area contributed by atoms with E-state index < -0.39 is 89.8 Å². The predicted molar refractivity (Wildman–Crippen MR) is 290 cm³/mol. The molecule has 1 aliphatic rings. The van der Waals surface area contributed by atoms with Crippen LogP contribution in [0.1, 0.15) is 142 Å². The van der Waals surface area contributed by atoms with Gasteiger partial charge in [0.2, 0.25) is 0 Å². The summed E-state index contributed by atoms with van der Waals surface area (Å²) in [7, 11) is -10.9. The van der Waals surface area contributed by atoms with E-state index in [9.17, 15) is 48.6 Å². The van der Waals surface area contributed by atoms with Gasteiger partial charge in [0.25, 0.3) is 0 Å². The Bertz CT molecular complexity index is 2200. The Balaban J connectivity index is 1.85. The number of rotatable bonds is 41. The fourth-order valence-corrected chi connectivity index (χ4v) is 8.99. The van der Waals surface area contributed by atoms with Gasteiger partial charge in [0.05, 0.1) is 19.3 Å². The first-order valence-electron chi connectivity index (χ1n) is 26.0. The number of ether oxygens (including phenoxy) is 3. The summed E-state index contributed by atoms with van der Waals surface area (Å²) in [5.74, 6) is -1.46. The average Bonchev–Trinajstić information content (AvgIpc) is 3.64. The fraction of sp³-hybridized carbons (Fsp3) is 0.556. The monoisotopic (exact) mass is 1090 g/mol. The van der Waals surface area contributed by atoms with Gasteiger partial charge in [0, 0.05) is 19.0 Å². The second-order valence-corrected chi connectivity index (χ2v) is 20.5. The maximum absolute atomic E-state index is 12.9. The van der Waals surface area contributed by atoms with Gasteiger partial charge in [0.1, 0.15) is 30.7 Å². The number of allylic oxidation sites excluding steroid dienone is 16. The van der Waals surface area contributed by atoms with Crippen molar-refractivity contribution in [3.63, 3.8) is 0 Å². The lowest BCUT2D eigenvalue weighted by molar-refractivity contribution is -0.161. The molecule has 19 nitrogen and oxygen atoms in total. The van der Waals surface area contributed by atoms with E-state index in [0.717, 1.165) is 75.0 Å². The van der Waals surface area contributed by atoms with E-state index in [0.29, 0.717) is 32.1 Å². The van der Waals surface area contributed by atoms with Crippen LogP contribution in [0.5, 0.6) is 0 Å². The molecule has 1 aromatic heterocycles. The lowest BCUT2D eigenvalue weighted by Crippen LogP contribution is -2.36. The summed E-state index contributed by atoms with van der Waals surface area (Å²) in [5, 5.41) is 31.1. The molecular weight excluding hydrogens is 1010 g/mol. The number of phosphoric ester groups is 2. The first-order chi connectivity index (χ1) is 36.1. The third-order valence-electron chi connectivity index (χ3n) is 10.9. The highest BCUT2D eigenvalue weighted by molar-refractivity contribution is 7.61. The number of unbranched alkanes of at least 4 members (excludes halogenated alkanes) is 7. The summed E-state index contributed by atoms with van der Waals surface area (Å²) in [4.78, 5) is 61.9. The summed E-state index contributed by atoms with van der Waals surface area (Å²) in [5.41, 5.74) is 4.57. The van der Waals surface area contributed by atoms with Gasteiger partial charge in [0.15, 0.2) is 12.3 Å². The SMILES string of the molecule is CC/C=C\C/C=C\C/C=C\C/C=C\C/C=C\CCCCCC(=O)OC[C@H](COP(=O)(O)OP(=O)(O)OC[C@H]1O[C@@H](n2ccc(N)nc2=O)[C@H](O)[C@@H]1O)OC(=O)CCC/C=C/C/C=C\C[C@@H](O)/C=C\C=C/CCCCC. The Hall–Kier alpha value is -4.62. The molecule has 2 unspecified atom stereocenters. The molecule has 0 amide bonds. The molecule has 0 bridgehead atoms. The van der Waals surface area contributed by atoms with E-state index >= 15 is 0 Å². The maximum atomic E-state index is 12.9. The highest BCUT2D eigenvalue weighted by Gasteiger charge is 2.46. The topological polar surface area (TPSA) is 286 Å². The molecule has 0 radical (unpaired) electrons. The van der Waals surface area contributed by atoms with E-state index in [-0.39, 0.29) is 18.7 Å². The Morgan fingerprint density at radius 1 is 0.720 bits per heavy atom. The minimum atomic E-state index is -5.47. The number of aliphatic hydroxyl groups excluding tert-OH is 3. The highest BCUT2D eigenvalue weighted by atomic mass is 31.3. The van der Waals surface area contributed by atoms with Crippen molar-refractivity contribution in [1.29, 1.82) is 0 Å². The molecule has 1 fully saturated rings. The van der Waals surface area contributed by atoms with Gasteiger partial charge in [-0.3, -0.25) is 23.2 Å². The zero-order chi connectivity index (χ0) is 55.0. The molecule has 1 saturated heterocycles. The molecule has 2 heterocycles. The zero-order valence-electron chi connectivity index (χ0n) is 43.7. The van der Waals surface area contributed by atoms with Crippen molar-refractivity contribution >= 4 is 33.4 Å². The molecule has 21 heteroatoms. The minimum Gasteiger partial charge on any atom is -0.462 e. The van der Waals surface area contributed by atoms with Crippen molar-refractivity contribution < 1.29 is 71.4 Å². The van der Waals surface area contributed by atoms with E-state index in [1.807, 2.05) is 36.5 Å². The number of nitrogens with zero attached hydrogens (tertiary/aromatic N) is 2. The van der Waals surface area contributed by atoms with E-state index in [4.69, 9.17) is 29.0 Å². The van der Waals surface area contributed by atoms with Crippen molar-refractivity contribution in [2.75, 3.05) is 25.6 Å². The van der Waals surface area contributed by atoms with Gasteiger partial charge in [-0.15, -0.1) is 0 Å². The summed E-state index contributed by atoms with van der Waals surface area (Å²) in [6, 6.07) is 1.24.